The Balaban J connectivity index is 1.50. The minimum Gasteiger partial charge on any atom is -0.375 e. The van der Waals surface area contributed by atoms with Gasteiger partial charge in [-0.1, -0.05) is 30.3 Å². The van der Waals surface area contributed by atoms with Gasteiger partial charge in [0.05, 0.1) is 0 Å². The molecule has 1 aliphatic heterocycles. The lowest BCUT2D eigenvalue weighted by Gasteiger charge is -2.34. The number of carbonyl (C=O) groups excluding carboxylic acids is 2. The molecule has 3 rings (SSSR count). The lowest BCUT2D eigenvalue weighted by Crippen LogP contribution is -2.51. The van der Waals surface area contributed by atoms with Crippen molar-refractivity contribution in [1.29, 1.82) is 0 Å². The van der Waals surface area contributed by atoms with Gasteiger partial charge in [0.25, 0.3) is 0 Å². The molecule has 0 unspecified atom stereocenters. The van der Waals surface area contributed by atoms with Crippen molar-refractivity contribution in [2.45, 2.75) is 12.3 Å². The Morgan fingerprint density at radius 3 is 2.36 bits per heavy atom. The van der Waals surface area contributed by atoms with E-state index in [1.54, 1.807) is 4.90 Å². The minimum atomic E-state index is 0.00295. The number of hydrogen-bond donors (Lipinski definition) is 0. The molecule has 0 spiro atoms. The van der Waals surface area contributed by atoms with Crippen LogP contribution in [0, 0.1) is 5.92 Å². The summed E-state index contributed by atoms with van der Waals surface area (Å²) in [6.07, 6.45) is 0.950. The van der Waals surface area contributed by atoms with Crippen LogP contribution >= 0.6 is 0 Å². The zero-order chi connectivity index (χ0) is 15.5. The number of ether oxygens (including phenoxy) is 1. The van der Waals surface area contributed by atoms with E-state index in [4.69, 9.17) is 4.74 Å². The van der Waals surface area contributed by atoms with Gasteiger partial charge in [0.2, 0.25) is 11.8 Å². The lowest BCUT2D eigenvalue weighted by molar-refractivity contribution is -0.142. The summed E-state index contributed by atoms with van der Waals surface area (Å²) in [4.78, 5) is 28.0. The molecule has 1 heterocycles. The molecule has 1 saturated carbocycles. The summed E-state index contributed by atoms with van der Waals surface area (Å²) >= 11 is 0. The van der Waals surface area contributed by atoms with Gasteiger partial charge in [0.1, 0.15) is 6.61 Å². The average Bonchev–Trinajstić information content (AvgIpc) is 3.36. The first-order valence-corrected chi connectivity index (χ1v) is 7.81. The van der Waals surface area contributed by atoms with Crippen LogP contribution in [0.1, 0.15) is 17.9 Å². The minimum absolute atomic E-state index is 0.00295. The normalized spacial score (nSPS) is 24.2. The maximum absolute atomic E-state index is 12.5. The Hall–Kier alpha value is -1.88. The maximum Gasteiger partial charge on any atom is 0.248 e. The summed E-state index contributed by atoms with van der Waals surface area (Å²) in [6.45, 7) is 2.60. The van der Waals surface area contributed by atoms with Crippen molar-refractivity contribution >= 4 is 11.8 Å². The first kappa shape index (κ1) is 15.0. The van der Waals surface area contributed by atoms with Crippen LogP contribution in [0.4, 0.5) is 0 Å². The summed E-state index contributed by atoms with van der Waals surface area (Å²) < 4.78 is 4.87. The molecule has 2 atom stereocenters. The third-order valence-electron chi connectivity index (χ3n) is 4.55. The van der Waals surface area contributed by atoms with Gasteiger partial charge < -0.3 is 14.5 Å². The fraction of sp³-hybridized carbons (Fsp3) is 0.529. The smallest absolute Gasteiger partial charge is 0.248 e. The van der Waals surface area contributed by atoms with Crippen LogP contribution in [-0.2, 0) is 14.3 Å². The molecule has 118 valence electrons. The average molecular weight is 302 g/mol. The number of hydrogen-bond acceptors (Lipinski definition) is 3. The maximum atomic E-state index is 12.5. The summed E-state index contributed by atoms with van der Waals surface area (Å²) in [5, 5.41) is 0. The van der Waals surface area contributed by atoms with Crippen molar-refractivity contribution in [3.8, 4) is 0 Å². The fourth-order valence-corrected chi connectivity index (χ4v) is 3.16. The zero-order valence-electron chi connectivity index (χ0n) is 12.9. The summed E-state index contributed by atoms with van der Waals surface area (Å²) in [5.41, 5.74) is 1.26. The highest BCUT2D eigenvalue weighted by atomic mass is 16.5. The van der Waals surface area contributed by atoms with Gasteiger partial charge in [0, 0.05) is 39.2 Å². The van der Waals surface area contributed by atoms with Gasteiger partial charge in [-0.3, -0.25) is 9.59 Å². The first-order valence-electron chi connectivity index (χ1n) is 7.81. The number of piperazine rings is 1. The van der Waals surface area contributed by atoms with Crippen LogP contribution in [-0.4, -0.2) is 61.5 Å². The highest BCUT2D eigenvalue weighted by Gasteiger charge is 2.46. The third-order valence-corrected chi connectivity index (χ3v) is 4.55. The van der Waals surface area contributed by atoms with Gasteiger partial charge in [-0.15, -0.1) is 0 Å². The SMILES string of the molecule is COCC(=O)N1CCN(C(=O)[C@@H]2C[C@H]2c2ccccc2)CC1. The summed E-state index contributed by atoms with van der Waals surface area (Å²) in [5.74, 6) is 0.751. The Morgan fingerprint density at radius 2 is 1.73 bits per heavy atom. The number of amides is 2. The molecule has 22 heavy (non-hydrogen) atoms. The monoisotopic (exact) mass is 302 g/mol. The Kier molecular flexibility index (Phi) is 4.43. The summed E-state index contributed by atoms with van der Waals surface area (Å²) in [7, 11) is 1.52. The van der Waals surface area contributed by atoms with Crippen LogP contribution in [0.25, 0.3) is 0 Å². The highest BCUT2D eigenvalue weighted by Crippen LogP contribution is 2.48. The van der Waals surface area contributed by atoms with Crippen molar-refractivity contribution in [1.82, 2.24) is 9.80 Å². The van der Waals surface area contributed by atoms with Crippen LogP contribution in [0.5, 0.6) is 0 Å². The van der Waals surface area contributed by atoms with E-state index in [9.17, 15) is 9.59 Å². The van der Waals surface area contributed by atoms with E-state index in [1.807, 2.05) is 23.1 Å². The molecule has 5 heteroatoms. The molecule has 0 N–H and O–H groups in total. The molecular formula is C17H22N2O3. The topological polar surface area (TPSA) is 49.9 Å². The molecule has 5 nitrogen and oxygen atoms in total. The van der Waals surface area contributed by atoms with Crippen molar-refractivity contribution in [2.75, 3.05) is 39.9 Å². The fourth-order valence-electron chi connectivity index (χ4n) is 3.16. The Bertz CT molecular complexity index is 538. The van der Waals surface area contributed by atoms with Crippen LogP contribution < -0.4 is 0 Å². The Labute approximate surface area is 130 Å². The van der Waals surface area contributed by atoms with Crippen LogP contribution in [0.3, 0.4) is 0 Å². The van der Waals surface area contributed by atoms with Gasteiger partial charge in [-0.2, -0.15) is 0 Å². The molecule has 0 radical (unpaired) electrons. The predicted molar refractivity (Wildman–Crippen MR) is 82.3 cm³/mol. The molecular weight excluding hydrogens is 280 g/mol. The standard InChI is InChI=1S/C17H22N2O3/c1-22-12-16(20)18-7-9-19(10-8-18)17(21)15-11-14(15)13-5-3-2-4-6-13/h2-6,14-15H,7-12H2,1H3/t14-,15+/m0/s1. The third kappa shape index (κ3) is 3.14. The number of carbonyl (C=O) groups is 2. The molecule has 1 saturated heterocycles. The van der Waals surface area contributed by atoms with Gasteiger partial charge in [-0.05, 0) is 17.9 Å². The van der Waals surface area contributed by atoms with Crippen LogP contribution in [0.15, 0.2) is 30.3 Å². The quantitative estimate of drug-likeness (QED) is 0.837. The van der Waals surface area contributed by atoms with E-state index in [2.05, 4.69) is 12.1 Å². The second kappa shape index (κ2) is 6.48. The zero-order valence-corrected chi connectivity index (χ0v) is 12.9. The van der Waals surface area contributed by atoms with Crippen LogP contribution in [0.2, 0.25) is 0 Å². The molecule has 1 aromatic carbocycles. The van der Waals surface area contributed by atoms with Gasteiger partial charge in [-0.25, -0.2) is 0 Å². The van der Waals surface area contributed by atoms with E-state index >= 15 is 0 Å². The second-order valence-corrected chi connectivity index (χ2v) is 6.00. The van der Waals surface area contributed by atoms with E-state index in [0.717, 1.165) is 6.42 Å². The predicted octanol–water partition coefficient (Wildman–Crippen LogP) is 1.11. The second-order valence-electron chi connectivity index (χ2n) is 6.00. The van der Waals surface area contributed by atoms with Crippen molar-refractivity contribution < 1.29 is 14.3 Å². The largest absolute Gasteiger partial charge is 0.375 e. The number of benzene rings is 1. The van der Waals surface area contributed by atoms with E-state index in [-0.39, 0.29) is 24.3 Å². The molecule has 2 aliphatic rings. The van der Waals surface area contributed by atoms with Gasteiger partial charge in [0.15, 0.2) is 0 Å². The first-order chi connectivity index (χ1) is 10.7. The molecule has 1 aromatic rings. The van der Waals surface area contributed by atoms with Crippen molar-refractivity contribution in [2.24, 2.45) is 5.92 Å². The molecule has 2 amide bonds. The summed E-state index contributed by atoms with van der Waals surface area (Å²) in [6, 6.07) is 10.2. The number of methoxy groups -OCH3 is 1. The lowest BCUT2D eigenvalue weighted by atomic mass is 10.1. The van der Waals surface area contributed by atoms with E-state index in [1.165, 1.54) is 12.7 Å². The Morgan fingerprint density at radius 1 is 1.09 bits per heavy atom. The molecule has 0 aromatic heterocycles. The van der Waals surface area contributed by atoms with Crippen molar-refractivity contribution in [3.63, 3.8) is 0 Å². The number of nitrogens with zero attached hydrogens (tertiary/aromatic N) is 2. The highest BCUT2D eigenvalue weighted by molar-refractivity contribution is 5.83. The van der Waals surface area contributed by atoms with E-state index in [0.29, 0.717) is 32.1 Å². The molecule has 2 fully saturated rings. The number of rotatable bonds is 4. The molecule has 0 bridgehead atoms. The van der Waals surface area contributed by atoms with Crippen molar-refractivity contribution in [3.05, 3.63) is 35.9 Å². The molecule has 1 aliphatic carbocycles. The van der Waals surface area contributed by atoms with E-state index < -0.39 is 0 Å². The van der Waals surface area contributed by atoms with Gasteiger partial charge >= 0.3 is 0 Å².